The molecule has 2 amide bonds. The maximum absolute atomic E-state index is 12.0. The number of hydrogen-bond donors (Lipinski definition) is 2. The largest absolute Gasteiger partial charge is 0.376 e. The van der Waals surface area contributed by atoms with Gasteiger partial charge in [0.05, 0.1) is 18.7 Å². The van der Waals surface area contributed by atoms with Gasteiger partial charge in [0.1, 0.15) is 6.33 Å². The lowest BCUT2D eigenvalue weighted by atomic mass is 10.1. The lowest BCUT2D eigenvalue weighted by molar-refractivity contribution is 0.0860. The number of urea groups is 1. The molecule has 2 aromatic rings. The Morgan fingerprint density at radius 3 is 3.00 bits per heavy atom. The van der Waals surface area contributed by atoms with E-state index in [1.165, 1.54) is 0 Å². The van der Waals surface area contributed by atoms with Crippen molar-refractivity contribution in [3.8, 4) is 5.69 Å². The van der Waals surface area contributed by atoms with Crippen LogP contribution in [0.5, 0.6) is 0 Å². The molecule has 7 nitrogen and oxygen atoms in total. The Labute approximate surface area is 135 Å². The van der Waals surface area contributed by atoms with Crippen molar-refractivity contribution < 1.29 is 9.53 Å². The van der Waals surface area contributed by atoms with Gasteiger partial charge in [-0.05, 0) is 31.9 Å². The Balaban J connectivity index is 1.54. The Bertz CT molecular complexity index is 637. The predicted octanol–water partition coefficient (Wildman–Crippen LogP) is 1.63. The Morgan fingerprint density at radius 1 is 1.43 bits per heavy atom. The average molecular weight is 315 g/mol. The highest BCUT2D eigenvalue weighted by Crippen LogP contribution is 2.15. The van der Waals surface area contributed by atoms with Crippen LogP contribution in [-0.4, -0.2) is 39.5 Å². The molecule has 0 bridgehead atoms. The van der Waals surface area contributed by atoms with Gasteiger partial charge < -0.3 is 15.4 Å². The van der Waals surface area contributed by atoms with E-state index in [9.17, 15) is 4.79 Å². The lowest BCUT2D eigenvalue weighted by Crippen LogP contribution is -2.45. The summed E-state index contributed by atoms with van der Waals surface area (Å²) in [5, 5.41) is 13.7. The second-order valence-corrected chi connectivity index (χ2v) is 5.62. The first kappa shape index (κ1) is 15.5. The van der Waals surface area contributed by atoms with Crippen LogP contribution in [-0.2, 0) is 11.3 Å². The summed E-state index contributed by atoms with van der Waals surface area (Å²) in [6, 6.07) is 9.54. The van der Waals surface area contributed by atoms with Crippen LogP contribution >= 0.6 is 0 Å². The van der Waals surface area contributed by atoms with Crippen molar-refractivity contribution in [2.24, 2.45) is 0 Å². The molecule has 1 aromatic carbocycles. The zero-order valence-electron chi connectivity index (χ0n) is 13.1. The first-order valence-corrected chi connectivity index (χ1v) is 7.84. The van der Waals surface area contributed by atoms with E-state index >= 15 is 0 Å². The van der Waals surface area contributed by atoms with Gasteiger partial charge in [0.25, 0.3) is 0 Å². The smallest absolute Gasteiger partial charge is 0.315 e. The van der Waals surface area contributed by atoms with E-state index in [-0.39, 0.29) is 18.2 Å². The van der Waals surface area contributed by atoms with Crippen molar-refractivity contribution >= 4 is 6.03 Å². The molecule has 1 aromatic heterocycles. The van der Waals surface area contributed by atoms with E-state index in [1.54, 1.807) is 6.33 Å². The lowest BCUT2D eigenvalue weighted by Gasteiger charge is -2.20. The van der Waals surface area contributed by atoms with E-state index in [2.05, 4.69) is 20.8 Å². The van der Waals surface area contributed by atoms with Crippen LogP contribution in [0, 0.1) is 0 Å². The highest BCUT2D eigenvalue weighted by Gasteiger charge is 2.23. The zero-order chi connectivity index (χ0) is 16.1. The van der Waals surface area contributed by atoms with Gasteiger partial charge in [-0.2, -0.15) is 0 Å². The van der Waals surface area contributed by atoms with E-state index in [1.807, 2.05) is 41.8 Å². The van der Waals surface area contributed by atoms with Crippen LogP contribution in [0.15, 0.2) is 36.7 Å². The summed E-state index contributed by atoms with van der Waals surface area (Å²) in [5.41, 5.74) is 0.961. The van der Waals surface area contributed by atoms with Crippen LogP contribution in [0.2, 0.25) is 0 Å². The van der Waals surface area contributed by atoms with Crippen LogP contribution in [0.3, 0.4) is 0 Å². The van der Waals surface area contributed by atoms with Crippen molar-refractivity contribution in [1.29, 1.82) is 0 Å². The molecule has 122 valence electrons. The number of nitrogens with one attached hydrogen (secondary N) is 2. The topological polar surface area (TPSA) is 81.1 Å². The molecular weight excluding hydrogens is 294 g/mol. The average Bonchev–Trinajstić information content (AvgIpc) is 3.25. The number of amides is 2. The van der Waals surface area contributed by atoms with Crippen LogP contribution in [0.1, 0.15) is 25.6 Å². The molecule has 1 saturated heterocycles. The second kappa shape index (κ2) is 7.23. The Morgan fingerprint density at radius 2 is 2.26 bits per heavy atom. The van der Waals surface area contributed by atoms with E-state index in [4.69, 9.17) is 4.74 Å². The van der Waals surface area contributed by atoms with Crippen LogP contribution in [0.25, 0.3) is 5.69 Å². The molecule has 7 heteroatoms. The molecule has 23 heavy (non-hydrogen) atoms. The second-order valence-electron chi connectivity index (χ2n) is 5.62. The molecule has 0 saturated carbocycles. The minimum absolute atomic E-state index is 0.00973. The van der Waals surface area contributed by atoms with Gasteiger partial charge in [0, 0.05) is 12.3 Å². The quantitative estimate of drug-likeness (QED) is 0.879. The molecule has 3 rings (SSSR count). The van der Waals surface area contributed by atoms with Gasteiger partial charge in [-0.1, -0.05) is 18.2 Å². The standard InChI is InChI=1S/C16H21N5O2/c1-12(14-8-5-9-23-14)19-16(22)17-10-15-20-18-11-21(15)13-6-3-2-4-7-13/h2-4,6-7,11-12,14H,5,8-10H2,1H3,(H2,17,19,22)/t12-,14+/m1/s1. The number of hydrogen-bond acceptors (Lipinski definition) is 4. The molecule has 1 aliphatic heterocycles. The van der Waals surface area contributed by atoms with E-state index in [0.29, 0.717) is 12.4 Å². The number of carbonyl (C=O) groups is 1. The highest BCUT2D eigenvalue weighted by molar-refractivity contribution is 5.74. The fourth-order valence-corrected chi connectivity index (χ4v) is 2.69. The van der Waals surface area contributed by atoms with E-state index < -0.39 is 0 Å². The van der Waals surface area contributed by atoms with Gasteiger partial charge in [-0.15, -0.1) is 10.2 Å². The number of nitrogens with zero attached hydrogens (tertiary/aromatic N) is 3. The summed E-state index contributed by atoms with van der Waals surface area (Å²) in [5.74, 6) is 0.677. The molecule has 1 aliphatic rings. The third-order valence-electron chi connectivity index (χ3n) is 3.94. The van der Waals surface area contributed by atoms with Gasteiger partial charge in [-0.25, -0.2) is 4.79 Å². The number of rotatable bonds is 5. The predicted molar refractivity (Wildman–Crippen MR) is 85.2 cm³/mol. The number of aromatic nitrogens is 3. The van der Waals surface area contributed by atoms with Crippen molar-refractivity contribution in [1.82, 2.24) is 25.4 Å². The zero-order valence-corrected chi connectivity index (χ0v) is 13.1. The van der Waals surface area contributed by atoms with Gasteiger partial charge in [0.15, 0.2) is 5.82 Å². The minimum Gasteiger partial charge on any atom is -0.376 e. The van der Waals surface area contributed by atoms with Gasteiger partial charge in [0.2, 0.25) is 0 Å². The number of benzene rings is 1. The summed E-state index contributed by atoms with van der Waals surface area (Å²) in [7, 11) is 0. The molecule has 1 fully saturated rings. The minimum atomic E-state index is -0.226. The first-order chi connectivity index (χ1) is 11.2. The SMILES string of the molecule is C[C@@H](NC(=O)NCc1nncn1-c1ccccc1)[C@@H]1CCCO1. The summed E-state index contributed by atoms with van der Waals surface area (Å²) < 4.78 is 7.42. The molecule has 2 N–H and O–H groups in total. The monoisotopic (exact) mass is 315 g/mol. The van der Waals surface area contributed by atoms with Crippen molar-refractivity contribution in [3.63, 3.8) is 0 Å². The first-order valence-electron chi connectivity index (χ1n) is 7.84. The molecule has 0 unspecified atom stereocenters. The highest BCUT2D eigenvalue weighted by atomic mass is 16.5. The van der Waals surface area contributed by atoms with Crippen LogP contribution in [0.4, 0.5) is 4.79 Å². The maximum atomic E-state index is 12.0. The molecular formula is C16H21N5O2. The summed E-state index contributed by atoms with van der Waals surface area (Å²) in [6.07, 6.45) is 3.79. The number of para-hydroxylation sites is 1. The third-order valence-corrected chi connectivity index (χ3v) is 3.94. The van der Waals surface area contributed by atoms with Gasteiger partial charge >= 0.3 is 6.03 Å². The molecule has 0 aliphatic carbocycles. The van der Waals surface area contributed by atoms with Crippen LogP contribution < -0.4 is 10.6 Å². The fraction of sp³-hybridized carbons (Fsp3) is 0.438. The Hall–Kier alpha value is -2.41. The Kier molecular flexibility index (Phi) is 4.87. The molecule has 2 heterocycles. The van der Waals surface area contributed by atoms with Gasteiger partial charge in [-0.3, -0.25) is 4.57 Å². The van der Waals surface area contributed by atoms with E-state index in [0.717, 1.165) is 25.1 Å². The van der Waals surface area contributed by atoms with Crippen molar-refractivity contribution in [3.05, 3.63) is 42.5 Å². The van der Waals surface area contributed by atoms with Crippen molar-refractivity contribution in [2.75, 3.05) is 6.61 Å². The molecule has 0 radical (unpaired) electrons. The summed E-state index contributed by atoms with van der Waals surface area (Å²) >= 11 is 0. The number of ether oxygens (including phenoxy) is 1. The normalized spacial score (nSPS) is 18.6. The van der Waals surface area contributed by atoms with Crippen molar-refractivity contribution in [2.45, 2.75) is 38.5 Å². The maximum Gasteiger partial charge on any atom is 0.315 e. The molecule has 2 atom stereocenters. The molecule has 0 spiro atoms. The number of carbonyl (C=O) groups excluding carboxylic acids is 1. The fourth-order valence-electron chi connectivity index (χ4n) is 2.69. The third kappa shape index (κ3) is 3.87. The summed E-state index contributed by atoms with van der Waals surface area (Å²) in [4.78, 5) is 12.0. The summed E-state index contributed by atoms with van der Waals surface area (Å²) in [6.45, 7) is 3.04.